The molecule has 0 saturated heterocycles. The number of carbonyl (C=O) groups excluding carboxylic acids is 1. The third kappa shape index (κ3) is 3.52. The fourth-order valence-electron chi connectivity index (χ4n) is 2.08. The van der Waals surface area contributed by atoms with Crippen LogP contribution in [0.25, 0.3) is 0 Å². The molecule has 0 aromatic heterocycles. The van der Waals surface area contributed by atoms with Crippen molar-refractivity contribution in [3.05, 3.63) is 28.5 Å². The van der Waals surface area contributed by atoms with Gasteiger partial charge in [-0.05, 0) is 25.0 Å². The predicted octanol–water partition coefficient (Wildman–Crippen LogP) is 1.03. The fourth-order valence-corrected chi connectivity index (χ4v) is 3.01. The first kappa shape index (κ1) is 16.2. The van der Waals surface area contributed by atoms with E-state index in [-0.39, 0.29) is 17.2 Å². The van der Waals surface area contributed by atoms with Gasteiger partial charge in [-0.3, -0.25) is 4.79 Å². The van der Waals surface area contributed by atoms with E-state index in [0.717, 1.165) is 12.1 Å². The Morgan fingerprint density at radius 3 is 2.62 bits per heavy atom. The van der Waals surface area contributed by atoms with Gasteiger partial charge in [0.25, 0.3) is 5.91 Å². The van der Waals surface area contributed by atoms with Gasteiger partial charge in [-0.1, -0.05) is 11.6 Å². The number of primary sulfonamides is 1. The summed E-state index contributed by atoms with van der Waals surface area (Å²) >= 11 is 5.72. The van der Waals surface area contributed by atoms with Gasteiger partial charge in [0, 0.05) is 18.2 Å². The van der Waals surface area contributed by atoms with Gasteiger partial charge in [-0.15, -0.1) is 0 Å². The summed E-state index contributed by atoms with van der Waals surface area (Å²) in [4.78, 5) is 11.2. The standard InChI is InChI=1S/C12H14ClFN2O4S/c1-20-8-4-7(5-8)16-12(17)9-2-6(13)3-10(11(9)14)21(15,18)19/h2-3,7-8H,4-5H2,1H3,(H,16,17)(H2,15,18,19). The van der Waals surface area contributed by atoms with Gasteiger partial charge in [0.2, 0.25) is 10.0 Å². The number of nitrogens with one attached hydrogen (secondary N) is 1. The quantitative estimate of drug-likeness (QED) is 0.858. The second-order valence-electron chi connectivity index (χ2n) is 4.81. The van der Waals surface area contributed by atoms with Gasteiger partial charge in [0.1, 0.15) is 4.90 Å². The summed E-state index contributed by atoms with van der Waals surface area (Å²) in [5.74, 6) is -1.94. The number of rotatable bonds is 4. The van der Waals surface area contributed by atoms with Crippen LogP contribution in [0.1, 0.15) is 23.2 Å². The summed E-state index contributed by atoms with van der Waals surface area (Å²) in [6, 6.07) is 1.79. The van der Waals surface area contributed by atoms with Crippen LogP contribution in [-0.4, -0.2) is 33.6 Å². The highest BCUT2D eigenvalue weighted by molar-refractivity contribution is 7.89. The second-order valence-corrected chi connectivity index (χ2v) is 6.78. The number of benzene rings is 1. The molecule has 6 nitrogen and oxygen atoms in total. The Bertz CT molecular complexity index is 674. The molecule has 9 heteroatoms. The van der Waals surface area contributed by atoms with Gasteiger partial charge >= 0.3 is 0 Å². The molecule has 3 N–H and O–H groups in total. The normalized spacial score (nSPS) is 21.7. The lowest BCUT2D eigenvalue weighted by atomic mass is 9.89. The Kier molecular flexibility index (Phi) is 4.52. The van der Waals surface area contributed by atoms with Crippen molar-refractivity contribution in [2.75, 3.05) is 7.11 Å². The van der Waals surface area contributed by atoms with Crippen molar-refractivity contribution in [3.63, 3.8) is 0 Å². The van der Waals surface area contributed by atoms with E-state index in [1.807, 2.05) is 0 Å². The van der Waals surface area contributed by atoms with Gasteiger partial charge < -0.3 is 10.1 Å². The Morgan fingerprint density at radius 1 is 1.48 bits per heavy atom. The van der Waals surface area contributed by atoms with Crippen molar-refractivity contribution < 1.29 is 22.3 Å². The first-order valence-corrected chi connectivity index (χ1v) is 8.00. The molecule has 1 amide bonds. The molecule has 0 bridgehead atoms. The summed E-state index contributed by atoms with van der Waals surface area (Å²) in [7, 11) is -2.74. The van der Waals surface area contributed by atoms with Crippen molar-refractivity contribution in [2.24, 2.45) is 5.14 Å². The zero-order chi connectivity index (χ0) is 15.8. The molecule has 1 aromatic rings. The van der Waals surface area contributed by atoms with Crippen molar-refractivity contribution in [1.82, 2.24) is 5.32 Å². The molecule has 116 valence electrons. The van der Waals surface area contributed by atoms with Gasteiger partial charge in [-0.2, -0.15) is 0 Å². The zero-order valence-corrected chi connectivity index (χ0v) is 12.7. The molecule has 0 atom stereocenters. The molecule has 21 heavy (non-hydrogen) atoms. The molecule has 2 rings (SSSR count). The average Bonchev–Trinajstić information content (AvgIpc) is 2.33. The smallest absolute Gasteiger partial charge is 0.254 e. The largest absolute Gasteiger partial charge is 0.381 e. The fraction of sp³-hybridized carbons (Fsp3) is 0.417. The van der Waals surface area contributed by atoms with Crippen LogP contribution in [0.5, 0.6) is 0 Å². The van der Waals surface area contributed by atoms with E-state index in [4.69, 9.17) is 21.5 Å². The zero-order valence-electron chi connectivity index (χ0n) is 11.1. The van der Waals surface area contributed by atoms with Crippen LogP contribution < -0.4 is 10.5 Å². The van der Waals surface area contributed by atoms with E-state index in [0.29, 0.717) is 12.8 Å². The molecule has 0 spiro atoms. The van der Waals surface area contributed by atoms with Crippen LogP contribution in [-0.2, 0) is 14.8 Å². The Balaban J connectivity index is 2.24. The number of amides is 1. The van der Waals surface area contributed by atoms with Crippen LogP contribution in [0.15, 0.2) is 17.0 Å². The minimum Gasteiger partial charge on any atom is -0.381 e. The molecule has 0 heterocycles. The van der Waals surface area contributed by atoms with E-state index in [1.165, 1.54) is 0 Å². The highest BCUT2D eigenvalue weighted by Gasteiger charge is 2.31. The van der Waals surface area contributed by atoms with Crippen LogP contribution in [0.4, 0.5) is 4.39 Å². The number of nitrogens with two attached hydrogens (primary N) is 1. The van der Waals surface area contributed by atoms with Crippen LogP contribution in [0.2, 0.25) is 5.02 Å². The first-order chi connectivity index (χ1) is 9.72. The SMILES string of the molecule is COC1CC(NC(=O)c2cc(Cl)cc(S(N)(=O)=O)c2F)C1. The minimum absolute atomic E-state index is 0.0690. The molecule has 1 saturated carbocycles. The third-order valence-corrected chi connectivity index (χ3v) is 4.45. The molecule has 1 fully saturated rings. The maximum Gasteiger partial charge on any atom is 0.254 e. The molecule has 1 aromatic carbocycles. The van der Waals surface area contributed by atoms with E-state index in [1.54, 1.807) is 7.11 Å². The van der Waals surface area contributed by atoms with Crippen LogP contribution in [0.3, 0.4) is 0 Å². The molecular formula is C12H14ClFN2O4S. The minimum atomic E-state index is -4.30. The van der Waals surface area contributed by atoms with Crippen molar-refractivity contribution >= 4 is 27.5 Å². The van der Waals surface area contributed by atoms with Gasteiger partial charge in [0.05, 0.1) is 11.7 Å². The maximum atomic E-state index is 14.1. The molecule has 0 unspecified atom stereocenters. The number of carbonyl (C=O) groups is 1. The lowest BCUT2D eigenvalue weighted by Gasteiger charge is -2.34. The number of sulfonamides is 1. The summed E-state index contributed by atoms with van der Waals surface area (Å²) in [5.41, 5.74) is -0.451. The van der Waals surface area contributed by atoms with Crippen LogP contribution >= 0.6 is 11.6 Å². The summed E-state index contributed by atoms with van der Waals surface area (Å²) in [6.07, 6.45) is 1.30. The molecular weight excluding hydrogens is 323 g/mol. The van der Waals surface area contributed by atoms with Crippen molar-refractivity contribution in [1.29, 1.82) is 0 Å². The summed E-state index contributed by atoms with van der Waals surface area (Å²) in [6.45, 7) is 0. The molecule has 1 aliphatic rings. The summed E-state index contributed by atoms with van der Waals surface area (Å²) in [5, 5.41) is 7.40. The highest BCUT2D eigenvalue weighted by atomic mass is 35.5. The second kappa shape index (κ2) is 5.88. The van der Waals surface area contributed by atoms with Crippen molar-refractivity contribution in [3.8, 4) is 0 Å². The van der Waals surface area contributed by atoms with Gasteiger partial charge in [-0.25, -0.2) is 17.9 Å². The van der Waals surface area contributed by atoms with E-state index in [9.17, 15) is 17.6 Å². The monoisotopic (exact) mass is 336 g/mol. The van der Waals surface area contributed by atoms with E-state index < -0.39 is 32.2 Å². The lowest BCUT2D eigenvalue weighted by Crippen LogP contribution is -2.47. The first-order valence-electron chi connectivity index (χ1n) is 6.08. The Labute approximate surface area is 126 Å². The number of hydrogen-bond donors (Lipinski definition) is 2. The topological polar surface area (TPSA) is 98.5 Å². The lowest BCUT2D eigenvalue weighted by molar-refractivity contribution is 0.0175. The molecule has 0 aliphatic heterocycles. The van der Waals surface area contributed by atoms with Gasteiger partial charge in [0.15, 0.2) is 5.82 Å². The molecule has 1 aliphatic carbocycles. The maximum absolute atomic E-state index is 14.1. The predicted molar refractivity (Wildman–Crippen MR) is 74.1 cm³/mol. The number of methoxy groups -OCH3 is 1. The number of hydrogen-bond acceptors (Lipinski definition) is 4. The van der Waals surface area contributed by atoms with Crippen molar-refractivity contribution in [2.45, 2.75) is 29.9 Å². The van der Waals surface area contributed by atoms with E-state index in [2.05, 4.69) is 5.32 Å². The summed E-state index contributed by atoms with van der Waals surface area (Å²) < 4.78 is 41.7. The number of ether oxygens (including phenoxy) is 1. The van der Waals surface area contributed by atoms with E-state index >= 15 is 0 Å². The average molecular weight is 337 g/mol. The third-order valence-electron chi connectivity index (χ3n) is 3.32. The number of halogens is 2. The Hall–Kier alpha value is -1.22. The highest BCUT2D eigenvalue weighted by Crippen LogP contribution is 2.25. The molecule has 0 radical (unpaired) electrons. The van der Waals surface area contributed by atoms with Crippen LogP contribution in [0, 0.1) is 5.82 Å². The Morgan fingerprint density at radius 2 is 2.10 bits per heavy atom.